The fourth-order valence-corrected chi connectivity index (χ4v) is 7.27. The molecule has 49 heavy (non-hydrogen) atoms. The Labute approximate surface area is 316 Å². The van der Waals surface area contributed by atoms with Gasteiger partial charge in [0, 0.05) is 33.5 Å². The van der Waals surface area contributed by atoms with Crippen molar-refractivity contribution >= 4 is 79.0 Å². The Kier molecular flexibility index (Phi) is 3.01. The molecule has 3 aliphatic heterocycles. The molecule has 0 spiro atoms. The number of aromatic nitrogens is 1. The minimum Gasteiger partial charge on any atom is -0.311 e. The number of hydrogen-bond acceptors (Lipinski definition) is 2. The molecule has 0 fully saturated rings. The van der Waals surface area contributed by atoms with E-state index in [1.807, 2.05) is 0 Å². The fraction of sp³-hybridized carbons (Fsp3) is 0.200. The Morgan fingerprint density at radius 2 is 1.20 bits per heavy atom. The molecule has 0 atom stereocenters. The number of benzene rings is 6. The Morgan fingerprint density at radius 3 is 1.96 bits per heavy atom. The fourth-order valence-electron chi connectivity index (χ4n) is 7.27. The second-order valence-corrected chi connectivity index (χ2v) is 14.8. The molecule has 3 aliphatic rings. The monoisotopic (exact) mass is 652 g/mol. The van der Waals surface area contributed by atoms with Gasteiger partial charge in [0.25, 0.3) is 6.71 Å². The highest BCUT2D eigenvalue weighted by atomic mass is 15.2. The Balaban J connectivity index is 1.54. The van der Waals surface area contributed by atoms with Gasteiger partial charge in [0.2, 0.25) is 0 Å². The Bertz CT molecular complexity index is 3600. The second kappa shape index (κ2) is 9.48. The summed E-state index contributed by atoms with van der Waals surface area (Å²) in [7, 11) is 0. The summed E-state index contributed by atoms with van der Waals surface area (Å²) < 4.78 is 181. The molecule has 238 valence electrons. The minimum absolute atomic E-state index is 0.0430. The normalized spacial score (nSPS) is 19.7. The van der Waals surface area contributed by atoms with E-state index in [-0.39, 0.29) is 101 Å². The third-order valence-corrected chi connectivity index (χ3v) is 9.54. The van der Waals surface area contributed by atoms with Crippen LogP contribution in [0.4, 0.5) is 34.1 Å². The zero-order chi connectivity index (χ0) is 50.1. The quantitative estimate of drug-likeness (QED) is 0.164. The average Bonchev–Trinajstić information content (AvgIpc) is 3.61. The number of nitrogens with zero attached hydrogens (tertiary/aromatic N) is 3. The number of rotatable bonds is 1. The summed E-state index contributed by atoms with van der Waals surface area (Å²) in [6.45, 7) is 10.3. The molecule has 0 bridgehead atoms. The maximum Gasteiger partial charge on any atom is 0.252 e. The molecule has 7 aromatic rings. The average molecular weight is 653 g/mol. The van der Waals surface area contributed by atoms with Gasteiger partial charge in [0.05, 0.1) is 54.1 Å². The van der Waals surface area contributed by atoms with Crippen molar-refractivity contribution in [2.24, 2.45) is 0 Å². The van der Waals surface area contributed by atoms with Crippen LogP contribution in [0.15, 0.2) is 115 Å². The Hall–Kier alpha value is -5.22. The molecule has 0 saturated carbocycles. The van der Waals surface area contributed by atoms with Crippen LogP contribution in [-0.2, 0) is 10.8 Å². The van der Waals surface area contributed by atoms with Crippen molar-refractivity contribution in [3.63, 3.8) is 0 Å². The van der Waals surface area contributed by atoms with Gasteiger partial charge in [-0.15, -0.1) is 0 Å². The molecule has 10 rings (SSSR count). The van der Waals surface area contributed by atoms with Crippen molar-refractivity contribution in [2.75, 3.05) is 9.80 Å². The smallest absolute Gasteiger partial charge is 0.252 e. The minimum atomic E-state index is -1.52. The van der Waals surface area contributed by atoms with E-state index >= 15 is 0 Å². The van der Waals surface area contributed by atoms with Gasteiger partial charge in [-0.1, -0.05) is 108 Å². The lowest BCUT2D eigenvalue weighted by atomic mass is 9.33. The molecule has 0 radical (unpaired) electrons. The first-order valence-electron chi connectivity index (χ1n) is 25.6. The highest BCUT2D eigenvalue weighted by Crippen LogP contribution is 2.52. The maximum absolute atomic E-state index is 10.1. The van der Waals surface area contributed by atoms with Gasteiger partial charge >= 0.3 is 0 Å². The summed E-state index contributed by atoms with van der Waals surface area (Å²) in [5, 5.41) is -0.401. The molecule has 3 nitrogen and oxygen atoms in total. The van der Waals surface area contributed by atoms with Crippen molar-refractivity contribution in [3.05, 3.63) is 131 Å². The second-order valence-electron chi connectivity index (χ2n) is 14.8. The highest BCUT2D eigenvalue weighted by molar-refractivity contribution is 7.00. The van der Waals surface area contributed by atoms with E-state index in [9.17, 15) is 21.9 Å². The van der Waals surface area contributed by atoms with Gasteiger partial charge in [0.1, 0.15) is 0 Å². The van der Waals surface area contributed by atoms with Crippen LogP contribution in [0.1, 0.15) is 84.3 Å². The largest absolute Gasteiger partial charge is 0.311 e. The highest BCUT2D eigenvalue weighted by Gasteiger charge is 2.46. The van der Waals surface area contributed by atoms with Gasteiger partial charge in [-0.25, -0.2) is 0 Å². The van der Waals surface area contributed by atoms with Crippen LogP contribution < -0.4 is 26.2 Å². The first kappa shape index (κ1) is 15.6. The molecular weight excluding hydrogens is 593 g/mol. The molecular formula is C45H40BN3. The van der Waals surface area contributed by atoms with Crippen LogP contribution >= 0.6 is 0 Å². The lowest BCUT2D eigenvalue weighted by Crippen LogP contribution is -2.62. The zero-order valence-corrected chi connectivity index (χ0v) is 27.9. The van der Waals surface area contributed by atoms with E-state index < -0.39 is 126 Å². The molecule has 6 aromatic carbocycles. The number of anilines is 6. The molecule has 1 aromatic heterocycles. The summed E-state index contributed by atoms with van der Waals surface area (Å²) >= 11 is 0. The third kappa shape index (κ3) is 3.80. The van der Waals surface area contributed by atoms with Crippen molar-refractivity contribution in [1.29, 1.82) is 0 Å². The van der Waals surface area contributed by atoms with Gasteiger partial charge in [-0.05, 0) is 99.2 Å². The van der Waals surface area contributed by atoms with Crippen molar-refractivity contribution in [2.45, 2.75) is 59.3 Å². The van der Waals surface area contributed by atoms with E-state index in [0.29, 0.717) is 0 Å². The SMILES string of the molecule is [2H]c1c([2H])c2c3c(c1[2H])-n1c4c([2H])c([2H])c([2H])c([2H])c4c4c([2H])c([2H])c([2H])c(c41)N3c1c([2H])c(C)c([2H])c3c1B2c1c([2H])c(C(C)(C)C)c([2H])c([2H])c1N3c1c([2H])c([2H])c(C(C)(C)C)c([2H])c1[2H]. The first-order valence-corrected chi connectivity index (χ1v) is 16.1. The summed E-state index contributed by atoms with van der Waals surface area (Å²) in [5.41, 5.74) is -4.16. The van der Waals surface area contributed by atoms with Crippen LogP contribution in [0.3, 0.4) is 0 Å². The Morgan fingerprint density at radius 1 is 0.551 bits per heavy atom. The van der Waals surface area contributed by atoms with E-state index in [2.05, 4.69) is 0 Å². The predicted molar refractivity (Wildman–Crippen MR) is 210 cm³/mol. The molecule has 0 amide bonds. The van der Waals surface area contributed by atoms with Crippen LogP contribution in [-0.4, -0.2) is 11.3 Å². The van der Waals surface area contributed by atoms with Gasteiger partial charge in [-0.2, -0.15) is 0 Å². The predicted octanol–water partition coefficient (Wildman–Crippen LogP) is 10.1. The first-order chi connectivity index (χ1) is 31.5. The van der Waals surface area contributed by atoms with Crippen LogP contribution in [0.25, 0.3) is 27.5 Å². The van der Waals surface area contributed by atoms with E-state index in [4.69, 9.17) is 4.11 Å². The summed E-state index contributed by atoms with van der Waals surface area (Å²) in [6.07, 6.45) is 0. The van der Waals surface area contributed by atoms with Crippen molar-refractivity contribution in [1.82, 2.24) is 4.57 Å². The van der Waals surface area contributed by atoms with Crippen LogP contribution in [0.5, 0.6) is 0 Å². The maximum atomic E-state index is 10.1. The van der Waals surface area contributed by atoms with Gasteiger partial charge < -0.3 is 14.4 Å². The molecule has 0 N–H and O–H groups in total. The molecule has 0 unspecified atom stereocenters. The van der Waals surface area contributed by atoms with Crippen molar-refractivity contribution in [3.8, 4) is 5.69 Å². The lowest BCUT2D eigenvalue weighted by molar-refractivity contribution is 0.590. The number of hydrogen-bond donors (Lipinski definition) is 0. The van der Waals surface area contributed by atoms with E-state index in [1.165, 1.54) is 21.3 Å². The summed E-state index contributed by atoms with van der Waals surface area (Å²) in [4.78, 5) is 2.50. The van der Waals surface area contributed by atoms with Crippen LogP contribution in [0.2, 0.25) is 0 Å². The summed E-state index contributed by atoms with van der Waals surface area (Å²) in [6, 6.07) is -10.3. The molecule has 0 aliphatic carbocycles. The van der Waals surface area contributed by atoms with Gasteiger partial charge in [-0.3, -0.25) is 0 Å². The van der Waals surface area contributed by atoms with Gasteiger partial charge in [0.15, 0.2) is 0 Å². The molecule has 4 heterocycles. The summed E-state index contributed by atoms with van der Waals surface area (Å²) in [5.74, 6) is 0. The van der Waals surface area contributed by atoms with E-state index in [0.717, 1.165) is 0 Å². The van der Waals surface area contributed by atoms with E-state index in [1.54, 1.807) is 41.5 Å². The number of para-hydroxylation sites is 3. The number of fused-ring (bicyclic) bond motifs is 9. The lowest BCUT2D eigenvalue weighted by Gasteiger charge is -2.46. The standard InChI is InChI=1S/C45H40BN3/c1-27-24-39-41-40(25-27)49-37-16-10-13-32-31-12-8-9-15-35(31)48(42(32)37)38-17-11-14-33(43(38)49)46(41)34-26-29(45(5,6)7)20-23-36(34)47(39)30-21-18-28(19-22-30)44(2,3)4/h8-26H,1-7H3/i8D,9D,10D,11D,12D,13D,14D,15D,16D,17D,18D,19D,20D,21D,22D,23D,24D,25D,26D. The molecule has 0 saturated heterocycles. The zero-order valence-electron chi connectivity index (χ0n) is 46.9. The van der Waals surface area contributed by atoms with Crippen LogP contribution in [0, 0.1) is 6.92 Å². The molecule has 4 heteroatoms. The third-order valence-electron chi connectivity index (χ3n) is 9.54. The van der Waals surface area contributed by atoms with Crippen molar-refractivity contribution < 1.29 is 26.0 Å². The topological polar surface area (TPSA) is 11.4 Å².